The number of hydrogen-bond donors (Lipinski definition) is 1. The minimum atomic E-state index is 0.347. The molecule has 1 heteroatoms. The molecule has 0 bridgehead atoms. The zero-order valence-corrected chi connectivity index (χ0v) is 11.4. The van der Waals surface area contributed by atoms with Crippen molar-refractivity contribution < 1.29 is 0 Å². The predicted molar refractivity (Wildman–Crippen MR) is 74.4 cm³/mol. The molecule has 1 nitrogen and oxygen atoms in total. The van der Waals surface area contributed by atoms with Gasteiger partial charge in [0.1, 0.15) is 0 Å². The van der Waals surface area contributed by atoms with Crippen molar-refractivity contribution in [1.82, 2.24) is 5.32 Å². The van der Waals surface area contributed by atoms with Gasteiger partial charge < -0.3 is 5.32 Å². The fourth-order valence-corrected chi connectivity index (χ4v) is 2.88. The average Bonchev–Trinajstić information content (AvgIpc) is 2.33. The highest BCUT2D eigenvalue weighted by atomic mass is 14.9. The van der Waals surface area contributed by atoms with Crippen molar-refractivity contribution in [2.45, 2.75) is 57.9 Å². The summed E-state index contributed by atoms with van der Waals surface area (Å²) in [6.07, 6.45) is 5.11. The van der Waals surface area contributed by atoms with E-state index in [0.29, 0.717) is 11.5 Å². The van der Waals surface area contributed by atoms with Crippen molar-refractivity contribution in [1.29, 1.82) is 0 Å². The Hall–Kier alpha value is -0.820. The maximum Gasteiger partial charge on any atom is 0.0323 e. The van der Waals surface area contributed by atoms with Gasteiger partial charge in [0.05, 0.1) is 0 Å². The summed E-state index contributed by atoms with van der Waals surface area (Å²) < 4.78 is 0. The van der Waals surface area contributed by atoms with Crippen molar-refractivity contribution in [3.63, 3.8) is 0 Å². The molecule has 1 unspecified atom stereocenters. The van der Waals surface area contributed by atoms with Crippen LogP contribution in [0.15, 0.2) is 24.3 Å². The van der Waals surface area contributed by atoms with Crippen LogP contribution in [-0.2, 0) is 5.41 Å². The van der Waals surface area contributed by atoms with Crippen LogP contribution in [0.3, 0.4) is 0 Å². The average molecular weight is 231 g/mol. The fraction of sp³-hybridized carbons (Fsp3) is 0.625. The molecule has 1 aliphatic carbocycles. The van der Waals surface area contributed by atoms with Gasteiger partial charge in [-0.15, -0.1) is 0 Å². The summed E-state index contributed by atoms with van der Waals surface area (Å²) in [6, 6.07) is 9.54. The van der Waals surface area contributed by atoms with Crippen LogP contribution in [-0.4, -0.2) is 6.54 Å². The van der Waals surface area contributed by atoms with Crippen molar-refractivity contribution in [3.05, 3.63) is 35.4 Å². The third-order valence-corrected chi connectivity index (χ3v) is 4.04. The van der Waals surface area contributed by atoms with Gasteiger partial charge in [0.2, 0.25) is 0 Å². The first-order chi connectivity index (χ1) is 8.15. The quantitative estimate of drug-likeness (QED) is 0.766. The van der Waals surface area contributed by atoms with Crippen LogP contribution >= 0.6 is 0 Å². The molecular weight excluding hydrogens is 206 g/mol. The summed E-state index contributed by atoms with van der Waals surface area (Å²) in [4.78, 5) is 0. The number of unbranched alkanes of at least 4 members (excludes halogenated alkanes) is 1. The molecule has 94 valence electrons. The minimum absolute atomic E-state index is 0.347. The lowest BCUT2D eigenvalue weighted by atomic mass is 9.71. The lowest BCUT2D eigenvalue weighted by Gasteiger charge is -2.37. The Morgan fingerprint density at radius 3 is 2.82 bits per heavy atom. The molecule has 1 N–H and O–H groups in total. The second-order valence-corrected chi connectivity index (χ2v) is 5.87. The van der Waals surface area contributed by atoms with E-state index in [1.54, 1.807) is 5.56 Å². The molecule has 0 saturated heterocycles. The molecule has 1 atom stereocenters. The SMILES string of the molecule is CCCCNC1CCC(C)(C)c2ccccc21. The molecular formula is C16H25N. The molecule has 0 saturated carbocycles. The van der Waals surface area contributed by atoms with Crippen LogP contribution in [0.1, 0.15) is 63.6 Å². The Kier molecular flexibility index (Phi) is 3.88. The Morgan fingerprint density at radius 1 is 1.29 bits per heavy atom. The van der Waals surface area contributed by atoms with Crippen LogP contribution in [0.2, 0.25) is 0 Å². The van der Waals surface area contributed by atoms with Crippen LogP contribution in [0.4, 0.5) is 0 Å². The van der Waals surface area contributed by atoms with Crippen molar-refractivity contribution in [3.8, 4) is 0 Å². The number of rotatable bonds is 4. The van der Waals surface area contributed by atoms with E-state index in [1.807, 2.05) is 0 Å². The van der Waals surface area contributed by atoms with E-state index in [2.05, 4.69) is 50.4 Å². The van der Waals surface area contributed by atoms with E-state index in [9.17, 15) is 0 Å². The van der Waals surface area contributed by atoms with Gasteiger partial charge in [0.15, 0.2) is 0 Å². The van der Waals surface area contributed by atoms with E-state index in [-0.39, 0.29) is 0 Å². The highest BCUT2D eigenvalue weighted by Gasteiger charge is 2.31. The number of benzene rings is 1. The van der Waals surface area contributed by atoms with Gasteiger partial charge >= 0.3 is 0 Å². The molecule has 0 fully saturated rings. The maximum atomic E-state index is 3.72. The van der Waals surface area contributed by atoms with Crippen LogP contribution in [0.25, 0.3) is 0 Å². The highest BCUT2D eigenvalue weighted by Crippen LogP contribution is 2.41. The topological polar surface area (TPSA) is 12.0 Å². The zero-order chi connectivity index (χ0) is 12.3. The summed E-state index contributed by atoms with van der Waals surface area (Å²) in [6.45, 7) is 8.14. The van der Waals surface area contributed by atoms with E-state index >= 15 is 0 Å². The Balaban J connectivity index is 2.17. The molecule has 0 aromatic heterocycles. The van der Waals surface area contributed by atoms with Crippen LogP contribution in [0.5, 0.6) is 0 Å². The Bertz CT molecular complexity index is 368. The molecule has 17 heavy (non-hydrogen) atoms. The van der Waals surface area contributed by atoms with Gasteiger partial charge in [0.25, 0.3) is 0 Å². The molecule has 1 aromatic rings. The number of fused-ring (bicyclic) bond motifs is 1. The summed E-state index contributed by atoms with van der Waals surface area (Å²) in [7, 11) is 0. The van der Waals surface area contributed by atoms with Gasteiger partial charge in [-0.05, 0) is 42.3 Å². The van der Waals surface area contributed by atoms with Crippen LogP contribution in [0, 0.1) is 0 Å². The first-order valence-corrected chi connectivity index (χ1v) is 6.98. The Labute approximate surface area is 106 Å². The first kappa shape index (κ1) is 12.6. The third-order valence-electron chi connectivity index (χ3n) is 4.04. The Morgan fingerprint density at radius 2 is 2.06 bits per heavy atom. The predicted octanol–water partition coefficient (Wildman–Crippen LogP) is 4.19. The molecule has 0 radical (unpaired) electrons. The standard InChI is InChI=1S/C16H25N/c1-4-5-12-17-15-10-11-16(2,3)14-9-7-6-8-13(14)15/h6-9,15,17H,4-5,10-12H2,1-3H3. The smallest absolute Gasteiger partial charge is 0.0323 e. The number of nitrogens with one attached hydrogen (secondary N) is 1. The van der Waals surface area contributed by atoms with E-state index in [1.165, 1.54) is 31.2 Å². The molecule has 1 aromatic carbocycles. The molecule has 0 heterocycles. The second-order valence-electron chi connectivity index (χ2n) is 5.87. The fourth-order valence-electron chi connectivity index (χ4n) is 2.88. The second kappa shape index (κ2) is 5.22. The third kappa shape index (κ3) is 2.71. The lowest BCUT2D eigenvalue weighted by molar-refractivity contribution is 0.357. The molecule has 2 rings (SSSR count). The van der Waals surface area contributed by atoms with Crippen LogP contribution < -0.4 is 5.32 Å². The van der Waals surface area contributed by atoms with E-state index in [0.717, 1.165) is 6.54 Å². The highest BCUT2D eigenvalue weighted by molar-refractivity contribution is 5.38. The van der Waals surface area contributed by atoms with Gasteiger partial charge in [-0.25, -0.2) is 0 Å². The normalized spacial score (nSPS) is 22.2. The maximum absolute atomic E-state index is 3.72. The summed E-state index contributed by atoms with van der Waals surface area (Å²) >= 11 is 0. The van der Waals surface area contributed by atoms with Crippen molar-refractivity contribution in [2.75, 3.05) is 6.54 Å². The molecule has 0 spiro atoms. The van der Waals surface area contributed by atoms with E-state index < -0.39 is 0 Å². The largest absolute Gasteiger partial charge is 0.310 e. The van der Waals surface area contributed by atoms with Gasteiger partial charge in [0, 0.05) is 6.04 Å². The molecule has 0 aliphatic heterocycles. The summed E-state index contributed by atoms with van der Waals surface area (Å²) in [5.41, 5.74) is 3.42. The van der Waals surface area contributed by atoms with Gasteiger partial charge in [-0.1, -0.05) is 51.5 Å². The summed E-state index contributed by atoms with van der Waals surface area (Å²) in [5.74, 6) is 0. The van der Waals surface area contributed by atoms with Crippen molar-refractivity contribution in [2.24, 2.45) is 0 Å². The first-order valence-electron chi connectivity index (χ1n) is 6.98. The van der Waals surface area contributed by atoms with Crippen molar-refractivity contribution >= 4 is 0 Å². The van der Waals surface area contributed by atoms with E-state index in [4.69, 9.17) is 0 Å². The van der Waals surface area contributed by atoms with Gasteiger partial charge in [-0.3, -0.25) is 0 Å². The number of hydrogen-bond acceptors (Lipinski definition) is 1. The zero-order valence-electron chi connectivity index (χ0n) is 11.4. The molecule has 0 amide bonds. The van der Waals surface area contributed by atoms with Gasteiger partial charge in [-0.2, -0.15) is 0 Å². The summed E-state index contributed by atoms with van der Waals surface area (Å²) in [5, 5.41) is 3.72. The minimum Gasteiger partial charge on any atom is -0.310 e. The lowest BCUT2D eigenvalue weighted by Crippen LogP contribution is -2.33. The monoisotopic (exact) mass is 231 g/mol. The molecule has 1 aliphatic rings.